The third-order valence-electron chi connectivity index (χ3n) is 1.36. The van der Waals surface area contributed by atoms with Crippen LogP contribution in [0.1, 0.15) is 5.69 Å². The molecule has 0 aliphatic heterocycles. The van der Waals surface area contributed by atoms with Gasteiger partial charge in [0.05, 0.1) is 11.9 Å². The van der Waals surface area contributed by atoms with Crippen LogP contribution in [0.3, 0.4) is 0 Å². The van der Waals surface area contributed by atoms with Crippen LogP contribution in [0.2, 0.25) is 0 Å². The van der Waals surface area contributed by atoms with Crippen molar-refractivity contribution >= 4 is 34.4 Å². The molecule has 66 valence electrons. The Morgan fingerprint density at radius 2 is 2.31 bits per heavy atom. The molecule has 1 heterocycles. The van der Waals surface area contributed by atoms with E-state index in [1.54, 1.807) is 24.7 Å². The predicted octanol–water partition coefficient (Wildman–Crippen LogP) is 2.46. The van der Waals surface area contributed by atoms with Crippen LogP contribution in [0.4, 0.5) is 0 Å². The highest BCUT2D eigenvalue weighted by Crippen LogP contribution is 2.11. The van der Waals surface area contributed by atoms with Gasteiger partial charge >= 0.3 is 0 Å². The number of rotatable bonds is 3. The van der Waals surface area contributed by atoms with Gasteiger partial charge in [0.1, 0.15) is 0 Å². The summed E-state index contributed by atoms with van der Waals surface area (Å²) in [7, 11) is 0. The second-order valence-electron chi connectivity index (χ2n) is 2.17. The third-order valence-corrected chi connectivity index (χ3v) is 1.72. The fourth-order valence-corrected chi connectivity index (χ4v) is 1.22. The second kappa shape index (κ2) is 5.58. The van der Waals surface area contributed by atoms with E-state index in [2.05, 4.69) is 32.6 Å². The number of hydrogen-bond acceptors (Lipinski definition) is 3. The first-order chi connectivity index (χ1) is 6.38. The minimum absolute atomic E-state index is 0.777. The summed E-state index contributed by atoms with van der Waals surface area (Å²) < 4.78 is 1.88. The van der Waals surface area contributed by atoms with E-state index < -0.39 is 0 Å². The lowest BCUT2D eigenvalue weighted by atomic mass is 10.2. The van der Waals surface area contributed by atoms with Crippen molar-refractivity contribution in [3.05, 3.63) is 40.5 Å². The second-order valence-corrected chi connectivity index (χ2v) is 2.89. The maximum absolute atomic E-state index is 6.97. The zero-order valence-electron chi connectivity index (χ0n) is 6.81. The topological polar surface area (TPSA) is 49.6 Å². The highest BCUT2D eigenvalue weighted by Gasteiger charge is 1.96. The molecule has 0 aliphatic rings. The molecule has 0 bridgehead atoms. The van der Waals surface area contributed by atoms with E-state index >= 15 is 0 Å². The molecule has 1 aromatic heterocycles. The van der Waals surface area contributed by atoms with Crippen LogP contribution in [-0.4, -0.2) is 16.2 Å². The van der Waals surface area contributed by atoms with Gasteiger partial charge in [0.2, 0.25) is 0 Å². The summed E-state index contributed by atoms with van der Waals surface area (Å²) >= 11 is 2.12. The quantitative estimate of drug-likeness (QED) is 0.527. The zero-order valence-corrected chi connectivity index (χ0v) is 8.97. The van der Waals surface area contributed by atoms with Gasteiger partial charge in [-0.25, -0.2) is 0 Å². The van der Waals surface area contributed by atoms with Gasteiger partial charge in [-0.1, -0.05) is 22.6 Å². The van der Waals surface area contributed by atoms with Crippen molar-refractivity contribution in [2.75, 3.05) is 0 Å². The maximum atomic E-state index is 6.97. The predicted molar refractivity (Wildman–Crippen MR) is 62.0 cm³/mol. The molecule has 1 aromatic rings. The number of nitrogens with one attached hydrogen (secondary N) is 1. The number of halogens is 1. The Balaban J connectivity index is 3.03. The summed E-state index contributed by atoms with van der Waals surface area (Å²) in [5, 5.41) is 6.97. The average Bonchev–Trinajstić information content (AvgIpc) is 2.19. The number of aromatic nitrogens is 2. The van der Waals surface area contributed by atoms with E-state index in [1.807, 2.05) is 10.2 Å². The maximum Gasteiger partial charge on any atom is 0.0885 e. The molecule has 4 heteroatoms. The van der Waals surface area contributed by atoms with Crippen molar-refractivity contribution in [2.45, 2.75) is 0 Å². The van der Waals surface area contributed by atoms with Gasteiger partial charge in [-0.05, 0) is 16.2 Å². The van der Waals surface area contributed by atoms with Crippen LogP contribution in [0, 0.1) is 5.41 Å². The van der Waals surface area contributed by atoms with E-state index in [0.717, 1.165) is 11.3 Å². The Hall–Kier alpha value is -1.04. The van der Waals surface area contributed by atoms with Gasteiger partial charge in [-0.3, -0.25) is 9.97 Å². The fourth-order valence-electron chi connectivity index (χ4n) is 0.832. The van der Waals surface area contributed by atoms with Crippen molar-refractivity contribution < 1.29 is 0 Å². The molecular formula is C9H8IN3. The molecule has 0 saturated heterocycles. The van der Waals surface area contributed by atoms with E-state index in [9.17, 15) is 0 Å². The summed E-state index contributed by atoms with van der Waals surface area (Å²) in [5.74, 6) is 0. The molecule has 0 spiro atoms. The Morgan fingerprint density at radius 1 is 1.46 bits per heavy atom. The number of allylic oxidation sites excluding steroid dienone is 3. The number of nitrogens with zero attached hydrogens (tertiary/aromatic N) is 2. The molecule has 0 radical (unpaired) electrons. The van der Waals surface area contributed by atoms with Crippen LogP contribution >= 0.6 is 22.6 Å². The molecule has 0 saturated carbocycles. The monoisotopic (exact) mass is 285 g/mol. The van der Waals surface area contributed by atoms with Crippen molar-refractivity contribution in [3.8, 4) is 0 Å². The third kappa shape index (κ3) is 3.06. The van der Waals surface area contributed by atoms with Crippen LogP contribution in [0.25, 0.3) is 5.57 Å². The van der Waals surface area contributed by atoms with Crippen LogP contribution in [-0.2, 0) is 0 Å². The smallest absolute Gasteiger partial charge is 0.0885 e. The van der Waals surface area contributed by atoms with Crippen LogP contribution < -0.4 is 0 Å². The average molecular weight is 285 g/mol. The molecule has 0 aromatic carbocycles. The Bertz CT molecular complexity index is 330. The van der Waals surface area contributed by atoms with Crippen LogP contribution in [0.15, 0.2) is 34.8 Å². The van der Waals surface area contributed by atoms with Crippen molar-refractivity contribution in [3.63, 3.8) is 0 Å². The molecule has 1 N–H and O–H groups in total. The first-order valence-corrected chi connectivity index (χ1v) is 4.87. The van der Waals surface area contributed by atoms with Crippen molar-refractivity contribution in [1.29, 1.82) is 5.41 Å². The highest BCUT2D eigenvalue weighted by atomic mass is 127. The molecule has 1 rings (SSSR count). The van der Waals surface area contributed by atoms with Gasteiger partial charge in [0.25, 0.3) is 0 Å². The summed E-state index contributed by atoms with van der Waals surface area (Å²) in [4.78, 5) is 8.08. The SMILES string of the molecule is N=C/C=C(\C=C/I)c1cnccn1. The molecule has 0 amide bonds. The molecule has 13 heavy (non-hydrogen) atoms. The molecule has 0 atom stereocenters. The minimum atomic E-state index is 0.777. The van der Waals surface area contributed by atoms with Crippen LogP contribution in [0.5, 0.6) is 0 Å². The summed E-state index contributed by atoms with van der Waals surface area (Å²) in [6, 6.07) is 0. The van der Waals surface area contributed by atoms with E-state index in [4.69, 9.17) is 5.41 Å². The lowest BCUT2D eigenvalue weighted by molar-refractivity contribution is 1.17. The van der Waals surface area contributed by atoms with Gasteiger partial charge in [0.15, 0.2) is 0 Å². The summed E-state index contributed by atoms with van der Waals surface area (Å²) in [5.41, 5.74) is 1.66. The van der Waals surface area contributed by atoms with Gasteiger partial charge < -0.3 is 5.41 Å². The zero-order chi connectivity index (χ0) is 9.52. The first-order valence-electron chi connectivity index (χ1n) is 3.62. The summed E-state index contributed by atoms with van der Waals surface area (Å²) in [6.45, 7) is 0. The standard InChI is InChI=1S/C9H8IN3/c10-3-1-8(2-4-11)9-7-12-5-6-13-9/h1-7,11H/b3-1-,8-2+,11-4?. The normalized spacial score (nSPS) is 11.9. The lowest BCUT2D eigenvalue weighted by Crippen LogP contribution is -1.87. The Labute approximate surface area is 90.3 Å². The molecule has 0 unspecified atom stereocenters. The van der Waals surface area contributed by atoms with E-state index in [1.165, 1.54) is 6.21 Å². The fraction of sp³-hybridized carbons (Fsp3) is 0. The number of hydrogen-bond donors (Lipinski definition) is 1. The minimum Gasteiger partial charge on any atom is -0.309 e. The van der Waals surface area contributed by atoms with Gasteiger partial charge in [-0.15, -0.1) is 0 Å². The van der Waals surface area contributed by atoms with Gasteiger partial charge in [-0.2, -0.15) is 0 Å². The molecule has 3 nitrogen and oxygen atoms in total. The van der Waals surface area contributed by atoms with Crippen molar-refractivity contribution in [2.24, 2.45) is 0 Å². The summed E-state index contributed by atoms with van der Waals surface area (Å²) in [6.07, 6.45) is 9.73. The first kappa shape index (κ1) is 10.0. The largest absolute Gasteiger partial charge is 0.309 e. The molecule has 0 fully saturated rings. The molecular weight excluding hydrogens is 277 g/mol. The van der Waals surface area contributed by atoms with E-state index in [0.29, 0.717) is 0 Å². The highest BCUT2D eigenvalue weighted by molar-refractivity contribution is 14.1. The van der Waals surface area contributed by atoms with Gasteiger partial charge in [0, 0.05) is 24.2 Å². The lowest BCUT2D eigenvalue weighted by Gasteiger charge is -1.97. The Morgan fingerprint density at radius 3 is 2.85 bits per heavy atom. The van der Waals surface area contributed by atoms with Crippen molar-refractivity contribution in [1.82, 2.24) is 9.97 Å². The molecule has 0 aliphatic carbocycles. The van der Waals surface area contributed by atoms with E-state index in [-0.39, 0.29) is 0 Å². The Kier molecular flexibility index (Phi) is 4.31.